The van der Waals surface area contributed by atoms with E-state index in [9.17, 15) is 4.79 Å². The quantitative estimate of drug-likeness (QED) is 0.232. The molecule has 0 aliphatic heterocycles. The molecule has 2 heterocycles. The molecule has 2 aromatic carbocycles. The SMILES string of the molecule is COc1ccc(C(=O)[C@H](C)Sc2ncnc3sc(-c4ccccc4)cc23)cc1. The molecule has 0 fully saturated rings. The fourth-order valence-corrected chi connectivity index (χ4v) is 4.92. The lowest BCUT2D eigenvalue weighted by atomic mass is 10.1. The molecule has 0 spiro atoms. The van der Waals surface area contributed by atoms with Crippen LogP contribution in [-0.2, 0) is 0 Å². The van der Waals surface area contributed by atoms with Crippen LogP contribution in [-0.4, -0.2) is 28.1 Å². The van der Waals surface area contributed by atoms with Gasteiger partial charge in [-0.1, -0.05) is 42.1 Å². The van der Waals surface area contributed by atoms with Gasteiger partial charge in [0, 0.05) is 15.8 Å². The van der Waals surface area contributed by atoms with Crippen molar-refractivity contribution in [3.63, 3.8) is 0 Å². The number of ketones is 1. The third-order valence-corrected chi connectivity index (χ3v) is 6.59. The van der Waals surface area contributed by atoms with Gasteiger partial charge in [-0.2, -0.15) is 0 Å². The standard InChI is InChI=1S/C22H18N2O2S2/c1-14(20(25)16-8-10-17(26-2)11-9-16)27-21-18-12-19(15-6-4-3-5-7-15)28-22(18)24-13-23-21/h3-14H,1-2H3/t14-/m0/s1. The fraction of sp³-hybridized carbons (Fsp3) is 0.136. The highest BCUT2D eigenvalue weighted by molar-refractivity contribution is 8.00. The van der Waals surface area contributed by atoms with Gasteiger partial charge in [0.2, 0.25) is 0 Å². The highest BCUT2D eigenvalue weighted by Gasteiger charge is 2.19. The van der Waals surface area contributed by atoms with Crippen molar-refractivity contribution in [1.29, 1.82) is 0 Å². The molecule has 4 aromatic rings. The Hall–Kier alpha value is -2.70. The van der Waals surface area contributed by atoms with E-state index in [-0.39, 0.29) is 11.0 Å². The summed E-state index contributed by atoms with van der Waals surface area (Å²) in [4.78, 5) is 23.7. The largest absolute Gasteiger partial charge is 0.497 e. The molecular weight excluding hydrogens is 388 g/mol. The van der Waals surface area contributed by atoms with E-state index in [2.05, 4.69) is 28.2 Å². The highest BCUT2D eigenvalue weighted by atomic mass is 32.2. The monoisotopic (exact) mass is 406 g/mol. The van der Waals surface area contributed by atoms with Gasteiger partial charge in [-0.25, -0.2) is 9.97 Å². The summed E-state index contributed by atoms with van der Waals surface area (Å²) in [6.07, 6.45) is 1.57. The van der Waals surface area contributed by atoms with E-state index in [1.165, 1.54) is 11.8 Å². The Morgan fingerprint density at radius 1 is 1.07 bits per heavy atom. The Kier molecular flexibility index (Phi) is 5.41. The number of rotatable bonds is 6. The average molecular weight is 407 g/mol. The predicted octanol–water partition coefficient (Wildman–Crippen LogP) is 5.73. The van der Waals surface area contributed by atoms with Crippen LogP contribution in [0.25, 0.3) is 20.7 Å². The van der Waals surface area contributed by atoms with Crippen LogP contribution in [0.4, 0.5) is 0 Å². The van der Waals surface area contributed by atoms with E-state index in [0.717, 1.165) is 31.4 Å². The summed E-state index contributed by atoms with van der Waals surface area (Å²) in [5, 5.41) is 1.56. The van der Waals surface area contributed by atoms with Crippen LogP contribution >= 0.6 is 23.1 Å². The molecule has 0 aliphatic carbocycles. The Bertz CT molecular complexity index is 1110. The summed E-state index contributed by atoms with van der Waals surface area (Å²) >= 11 is 3.11. The van der Waals surface area contributed by atoms with Gasteiger partial charge in [0.15, 0.2) is 5.78 Å². The first-order valence-electron chi connectivity index (χ1n) is 8.80. The molecule has 0 unspecified atom stereocenters. The zero-order valence-corrected chi connectivity index (χ0v) is 17.1. The van der Waals surface area contributed by atoms with Crippen molar-refractivity contribution in [2.24, 2.45) is 0 Å². The molecule has 0 amide bonds. The van der Waals surface area contributed by atoms with Gasteiger partial charge in [0.05, 0.1) is 12.4 Å². The summed E-state index contributed by atoms with van der Waals surface area (Å²) < 4.78 is 5.16. The molecule has 6 heteroatoms. The molecule has 1 atom stereocenters. The van der Waals surface area contributed by atoms with Crippen LogP contribution in [0, 0.1) is 0 Å². The third-order valence-electron chi connectivity index (χ3n) is 4.38. The molecule has 140 valence electrons. The highest BCUT2D eigenvalue weighted by Crippen LogP contribution is 2.37. The van der Waals surface area contributed by atoms with Crippen LogP contribution in [0.2, 0.25) is 0 Å². The van der Waals surface area contributed by atoms with E-state index in [0.29, 0.717) is 5.56 Å². The second kappa shape index (κ2) is 8.12. The molecule has 0 N–H and O–H groups in total. The number of thiophene rings is 1. The number of hydrogen-bond acceptors (Lipinski definition) is 6. The van der Waals surface area contributed by atoms with E-state index < -0.39 is 0 Å². The second-order valence-electron chi connectivity index (χ2n) is 6.23. The fourth-order valence-electron chi connectivity index (χ4n) is 2.88. The average Bonchev–Trinajstić information content (AvgIpc) is 3.19. The molecule has 0 aliphatic rings. The number of methoxy groups -OCH3 is 1. The lowest BCUT2D eigenvalue weighted by molar-refractivity contribution is 0.0994. The van der Waals surface area contributed by atoms with Crippen molar-refractivity contribution in [1.82, 2.24) is 9.97 Å². The maximum absolute atomic E-state index is 12.8. The first-order valence-corrected chi connectivity index (χ1v) is 10.5. The Labute approximate surface area is 171 Å². The summed E-state index contributed by atoms with van der Waals surface area (Å²) in [5.74, 6) is 0.805. The summed E-state index contributed by atoms with van der Waals surface area (Å²) in [7, 11) is 1.61. The normalized spacial score (nSPS) is 12.1. The van der Waals surface area contributed by atoms with Gasteiger partial charge >= 0.3 is 0 Å². The van der Waals surface area contributed by atoms with Crippen molar-refractivity contribution >= 4 is 39.1 Å². The number of fused-ring (bicyclic) bond motifs is 1. The minimum atomic E-state index is -0.258. The summed E-state index contributed by atoms with van der Waals surface area (Å²) in [5.41, 5.74) is 1.82. The zero-order valence-electron chi connectivity index (χ0n) is 15.5. The van der Waals surface area contributed by atoms with E-state index in [1.807, 2.05) is 25.1 Å². The maximum atomic E-state index is 12.8. The first-order chi connectivity index (χ1) is 13.7. The predicted molar refractivity (Wildman–Crippen MR) is 115 cm³/mol. The third kappa shape index (κ3) is 3.79. The van der Waals surface area contributed by atoms with E-state index >= 15 is 0 Å². The minimum Gasteiger partial charge on any atom is -0.497 e. The van der Waals surface area contributed by atoms with Crippen molar-refractivity contribution in [3.8, 4) is 16.2 Å². The van der Waals surface area contributed by atoms with Crippen molar-refractivity contribution in [2.45, 2.75) is 17.2 Å². The van der Waals surface area contributed by atoms with Gasteiger partial charge in [-0.3, -0.25) is 4.79 Å². The molecule has 4 nitrogen and oxygen atoms in total. The number of ether oxygens (including phenoxy) is 1. The number of Topliss-reactive ketones (excluding diaryl/α,β-unsaturated/α-hetero) is 1. The van der Waals surface area contributed by atoms with Crippen LogP contribution in [0.5, 0.6) is 5.75 Å². The first kappa shape index (κ1) is 18.7. The van der Waals surface area contributed by atoms with E-state index in [4.69, 9.17) is 4.74 Å². The van der Waals surface area contributed by atoms with Gasteiger partial charge in [0.1, 0.15) is 21.9 Å². The van der Waals surface area contributed by atoms with Gasteiger partial charge in [-0.05, 0) is 42.8 Å². The number of hydrogen-bond donors (Lipinski definition) is 0. The number of aromatic nitrogens is 2. The molecule has 0 saturated heterocycles. The van der Waals surface area contributed by atoms with Crippen LogP contribution in [0.15, 0.2) is 72.0 Å². The van der Waals surface area contributed by atoms with Crippen molar-refractivity contribution in [2.75, 3.05) is 7.11 Å². The van der Waals surface area contributed by atoms with Crippen molar-refractivity contribution < 1.29 is 9.53 Å². The number of benzene rings is 2. The molecule has 28 heavy (non-hydrogen) atoms. The Balaban J connectivity index is 1.60. The van der Waals surface area contributed by atoms with Gasteiger partial charge in [-0.15, -0.1) is 11.3 Å². The topological polar surface area (TPSA) is 52.1 Å². The molecule has 4 rings (SSSR count). The van der Waals surface area contributed by atoms with Gasteiger partial charge in [0.25, 0.3) is 0 Å². The lowest BCUT2D eigenvalue weighted by Crippen LogP contribution is -2.13. The molecule has 2 aromatic heterocycles. The smallest absolute Gasteiger partial charge is 0.175 e. The van der Waals surface area contributed by atoms with Crippen LogP contribution in [0.1, 0.15) is 17.3 Å². The van der Waals surface area contributed by atoms with E-state index in [1.54, 1.807) is 49.0 Å². The summed E-state index contributed by atoms with van der Waals surface area (Å²) in [6, 6.07) is 19.5. The Morgan fingerprint density at radius 2 is 1.82 bits per heavy atom. The number of thioether (sulfide) groups is 1. The molecule has 0 bridgehead atoms. The number of nitrogens with zero attached hydrogens (tertiary/aromatic N) is 2. The maximum Gasteiger partial charge on any atom is 0.175 e. The Morgan fingerprint density at radius 3 is 2.54 bits per heavy atom. The number of carbonyl (C=O) groups excluding carboxylic acids is 1. The minimum absolute atomic E-state index is 0.0675. The molecule has 0 saturated carbocycles. The van der Waals surface area contributed by atoms with Crippen molar-refractivity contribution in [3.05, 3.63) is 72.6 Å². The lowest BCUT2D eigenvalue weighted by Gasteiger charge is -2.10. The number of carbonyl (C=O) groups is 1. The zero-order chi connectivity index (χ0) is 19.5. The molecule has 0 radical (unpaired) electrons. The van der Waals surface area contributed by atoms with Crippen LogP contribution < -0.4 is 4.74 Å². The van der Waals surface area contributed by atoms with Gasteiger partial charge < -0.3 is 4.74 Å². The van der Waals surface area contributed by atoms with Crippen LogP contribution in [0.3, 0.4) is 0 Å². The summed E-state index contributed by atoms with van der Waals surface area (Å²) in [6.45, 7) is 1.91. The molecular formula is C22H18N2O2S2. The second-order valence-corrected chi connectivity index (χ2v) is 8.59.